The quantitative estimate of drug-likeness (QED) is 0.640. The van der Waals surface area contributed by atoms with E-state index in [4.69, 9.17) is 15.6 Å². The summed E-state index contributed by atoms with van der Waals surface area (Å²) >= 11 is 0. The summed E-state index contributed by atoms with van der Waals surface area (Å²) in [6.07, 6.45) is -2.31. The summed E-state index contributed by atoms with van der Waals surface area (Å²) in [6.45, 7) is 0.917. The summed E-state index contributed by atoms with van der Waals surface area (Å²) in [5, 5.41) is 7.12. The maximum absolute atomic E-state index is 10.6. The molecule has 0 radical (unpaired) electrons. The van der Waals surface area contributed by atoms with E-state index < -0.39 is 12.1 Å². The van der Waals surface area contributed by atoms with Crippen LogP contribution in [0.2, 0.25) is 0 Å². The van der Waals surface area contributed by atoms with Crippen molar-refractivity contribution in [2.24, 2.45) is 11.7 Å². The summed E-state index contributed by atoms with van der Waals surface area (Å²) in [6, 6.07) is 0. The highest BCUT2D eigenvalue weighted by Gasteiger charge is 2.38. The third-order valence-corrected chi connectivity index (χ3v) is 1.27. The predicted molar refractivity (Wildman–Crippen MR) is 35.5 cm³/mol. The molecular weight excluding hydrogens is 175 g/mol. The van der Waals surface area contributed by atoms with Gasteiger partial charge in [0.1, 0.15) is 0 Å². The maximum Gasteiger partial charge on any atom is 0.490 e. The Morgan fingerprint density at radius 1 is 1.50 bits per heavy atom. The minimum absolute atomic E-state index is 0.912. The van der Waals surface area contributed by atoms with Crippen LogP contribution in [0.5, 0.6) is 0 Å². The Hall–Kier alpha value is -0.780. The lowest BCUT2D eigenvalue weighted by molar-refractivity contribution is -0.192. The van der Waals surface area contributed by atoms with E-state index in [0.717, 1.165) is 12.5 Å². The van der Waals surface area contributed by atoms with Crippen molar-refractivity contribution in [3.63, 3.8) is 0 Å². The molecule has 0 aliphatic heterocycles. The third kappa shape index (κ3) is 5.96. The molecule has 0 amide bonds. The molecule has 0 aromatic heterocycles. The first-order valence-electron chi connectivity index (χ1n) is 3.38. The molecule has 0 spiro atoms. The topological polar surface area (TPSA) is 63.3 Å². The van der Waals surface area contributed by atoms with Crippen molar-refractivity contribution in [2.45, 2.75) is 19.0 Å². The average Bonchev–Trinajstić information content (AvgIpc) is 2.67. The standard InChI is InChI=1S/C4H9N.C2HF3O2/c5-3-4-1-2-4;3-2(4,5)1(6)7/h4H,1-3,5H2;(H,6,7). The van der Waals surface area contributed by atoms with Gasteiger partial charge in [-0.2, -0.15) is 13.2 Å². The van der Waals surface area contributed by atoms with Crippen LogP contribution < -0.4 is 5.73 Å². The fourth-order valence-electron chi connectivity index (χ4n) is 0.354. The van der Waals surface area contributed by atoms with Gasteiger partial charge in [0.15, 0.2) is 0 Å². The lowest BCUT2D eigenvalue weighted by Crippen LogP contribution is -2.21. The molecule has 0 atom stereocenters. The van der Waals surface area contributed by atoms with E-state index in [2.05, 4.69) is 0 Å². The van der Waals surface area contributed by atoms with Gasteiger partial charge in [-0.15, -0.1) is 0 Å². The molecule has 0 aromatic rings. The van der Waals surface area contributed by atoms with Gasteiger partial charge < -0.3 is 10.8 Å². The number of nitrogens with two attached hydrogens (primary N) is 1. The number of carboxylic acids is 1. The van der Waals surface area contributed by atoms with Crippen LogP contribution in [-0.2, 0) is 4.79 Å². The molecule has 1 aliphatic rings. The Morgan fingerprint density at radius 2 is 1.83 bits per heavy atom. The zero-order valence-corrected chi connectivity index (χ0v) is 6.27. The maximum atomic E-state index is 10.6. The van der Waals surface area contributed by atoms with Crippen LogP contribution in [0.15, 0.2) is 0 Å². The second kappa shape index (κ2) is 4.30. The van der Waals surface area contributed by atoms with Gasteiger partial charge in [0.05, 0.1) is 0 Å². The molecule has 1 fully saturated rings. The zero-order valence-electron chi connectivity index (χ0n) is 6.27. The summed E-state index contributed by atoms with van der Waals surface area (Å²) in [5.74, 6) is -1.84. The molecule has 6 heteroatoms. The second-order valence-electron chi connectivity index (χ2n) is 2.48. The van der Waals surface area contributed by atoms with Crippen LogP contribution in [0.4, 0.5) is 13.2 Å². The molecule has 72 valence electrons. The Labute approximate surface area is 67.4 Å². The van der Waals surface area contributed by atoms with Crippen molar-refractivity contribution in [1.82, 2.24) is 0 Å². The van der Waals surface area contributed by atoms with Gasteiger partial charge in [0.2, 0.25) is 0 Å². The van der Waals surface area contributed by atoms with Crippen molar-refractivity contribution in [3.05, 3.63) is 0 Å². The first kappa shape index (κ1) is 11.2. The van der Waals surface area contributed by atoms with Crippen molar-refractivity contribution >= 4 is 5.97 Å². The summed E-state index contributed by atoms with van der Waals surface area (Å²) < 4.78 is 31.7. The van der Waals surface area contributed by atoms with E-state index in [9.17, 15) is 13.2 Å². The molecule has 3 N–H and O–H groups in total. The summed E-state index contributed by atoms with van der Waals surface area (Å²) in [5.41, 5.74) is 5.23. The fourth-order valence-corrected chi connectivity index (χ4v) is 0.354. The van der Waals surface area contributed by atoms with Gasteiger partial charge >= 0.3 is 12.1 Å². The Balaban J connectivity index is 0.000000211. The number of halogens is 3. The molecule has 3 nitrogen and oxygen atoms in total. The van der Waals surface area contributed by atoms with E-state index >= 15 is 0 Å². The van der Waals surface area contributed by atoms with Crippen LogP contribution in [0.1, 0.15) is 12.8 Å². The highest BCUT2D eigenvalue weighted by molar-refractivity contribution is 5.73. The van der Waals surface area contributed by atoms with Crippen molar-refractivity contribution in [3.8, 4) is 0 Å². The lowest BCUT2D eigenvalue weighted by atomic mass is 10.5. The van der Waals surface area contributed by atoms with Crippen molar-refractivity contribution < 1.29 is 23.1 Å². The largest absolute Gasteiger partial charge is 0.490 e. The van der Waals surface area contributed by atoms with Gasteiger partial charge in [-0.1, -0.05) is 0 Å². The Kier molecular flexibility index (Phi) is 4.02. The number of hydrogen-bond acceptors (Lipinski definition) is 2. The smallest absolute Gasteiger partial charge is 0.475 e. The van der Waals surface area contributed by atoms with Gasteiger partial charge in [-0.05, 0) is 25.3 Å². The lowest BCUT2D eigenvalue weighted by Gasteiger charge is -1.93. The molecule has 0 heterocycles. The van der Waals surface area contributed by atoms with Crippen LogP contribution in [-0.4, -0.2) is 23.8 Å². The Morgan fingerprint density at radius 3 is 1.83 bits per heavy atom. The SMILES string of the molecule is NCC1CC1.O=C(O)C(F)(F)F. The zero-order chi connectivity index (χ0) is 9.78. The molecule has 0 bridgehead atoms. The number of carbonyl (C=O) groups is 1. The third-order valence-electron chi connectivity index (χ3n) is 1.27. The van der Waals surface area contributed by atoms with Gasteiger partial charge in [0, 0.05) is 0 Å². The molecule has 0 aromatic carbocycles. The molecular formula is C6H10F3NO2. The first-order valence-corrected chi connectivity index (χ1v) is 3.38. The summed E-state index contributed by atoms with van der Waals surface area (Å²) in [7, 11) is 0. The van der Waals surface area contributed by atoms with Gasteiger partial charge in [-0.3, -0.25) is 0 Å². The van der Waals surface area contributed by atoms with E-state index in [0.29, 0.717) is 0 Å². The van der Waals surface area contributed by atoms with Crippen LogP contribution in [0.3, 0.4) is 0 Å². The first-order chi connectivity index (χ1) is 5.38. The minimum Gasteiger partial charge on any atom is -0.475 e. The van der Waals surface area contributed by atoms with Crippen LogP contribution in [0.25, 0.3) is 0 Å². The number of aliphatic carboxylic acids is 1. The van der Waals surface area contributed by atoms with Gasteiger partial charge in [-0.25, -0.2) is 4.79 Å². The van der Waals surface area contributed by atoms with E-state index in [1.807, 2.05) is 0 Å². The minimum atomic E-state index is -5.08. The average molecular weight is 185 g/mol. The molecule has 1 aliphatic carbocycles. The summed E-state index contributed by atoms with van der Waals surface area (Å²) in [4.78, 5) is 8.90. The monoisotopic (exact) mass is 185 g/mol. The number of hydrogen-bond donors (Lipinski definition) is 2. The number of rotatable bonds is 1. The van der Waals surface area contributed by atoms with Gasteiger partial charge in [0.25, 0.3) is 0 Å². The van der Waals surface area contributed by atoms with Crippen LogP contribution in [0, 0.1) is 5.92 Å². The van der Waals surface area contributed by atoms with Crippen molar-refractivity contribution in [1.29, 1.82) is 0 Å². The number of alkyl halides is 3. The number of carboxylic acid groups (broad SMARTS) is 1. The molecule has 1 rings (SSSR count). The van der Waals surface area contributed by atoms with E-state index in [-0.39, 0.29) is 0 Å². The van der Waals surface area contributed by atoms with E-state index in [1.165, 1.54) is 12.8 Å². The molecule has 1 saturated carbocycles. The van der Waals surface area contributed by atoms with Crippen LogP contribution >= 0.6 is 0 Å². The molecule has 0 saturated heterocycles. The highest BCUT2D eigenvalue weighted by Crippen LogP contribution is 2.26. The van der Waals surface area contributed by atoms with Crippen molar-refractivity contribution in [2.75, 3.05) is 6.54 Å². The molecule has 12 heavy (non-hydrogen) atoms. The predicted octanol–water partition coefficient (Wildman–Crippen LogP) is 0.988. The molecule has 0 unspecified atom stereocenters. The Bertz CT molecular complexity index is 153. The second-order valence-corrected chi connectivity index (χ2v) is 2.48. The normalized spacial score (nSPS) is 16.3. The highest BCUT2D eigenvalue weighted by atomic mass is 19.4. The fraction of sp³-hybridized carbons (Fsp3) is 0.833. The van der Waals surface area contributed by atoms with E-state index in [1.54, 1.807) is 0 Å².